The van der Waals surface area contributed by atoms with Crippen molar-refractivity contribution >= 4 is 5.97 Å². The van der Waals surface area contributed by atoms with Gasteiger partial charge in [0.25, 0.3) is 0 Å². The molecular formula is C16H31O3-. The van der Waals surface area contributed by atoms with Crippen molar-refractivity contribution in [3.05, 3.63) is 0 Å². The fourth-order valence-electron chi connectivity index (χ4n) is 2.53. The number of aliphatic carboxylic acids is 1. The van der Waals surface area contributed by atoms with Gasteiger partial charge in [0.15, 0.2) is 0 Å². The van der Waals surface area contributed by atoms with E-state index < -0.39 is 11.6 Å². The van der Waals surface area contributed by atoms with Crippen molar-refractivity contribution in [3.63, 3.8) is 0 Å². The van der Waals surface area contributed by atoms with Crippen molar-refractivity contribution in [2.24, 2.45) is 11.8 Å². The summed E-state index contributed by atoms with van der Waals surface area (Å²) in [5.74, 6) is -0.674. The van der Waals surface area contributed by atoms with E-state index in [1.54, 1.807) is 6.92 Å². The molecule has 0 radical (unpaired) electrons. The molecule has 0 aliphatic heterocycles. The summed E-state index contributed by atoms with van der Waals surface area (Å²) in [5, 5.41) is 20.6. The second-order valence-electron chi connectivity index (χ2n) is 6.40. The molecule has 1 N–H and O–H groups in total. The van der Waals surface area contributed by atoms with Crippen molar-refractivity contribution in [2.75, 3.05) is 0 Å². The van der Waals surface area contributed by atoms with Gasteiger partial charge in [-0.05, 0) is 38.0 Å². The SMILES string of the molecule is CCCC(C)(O)CCCC(C)CCCC(C)C(=O)[O-]. The molecule has 0 amide bonds. The minimum absolute atomic E-state index is 0.336. The summed E-state index contributed by atoms with van der Waals surface area (Å²) in [6.07, 6.45) is 7.62. The second kappa shape index (κ2) is 9.35. The van der Waals surface area contributed by atoms with Gasteiger partial charge in [-0.3, -0.25) is 0 Å². The molecule has 0 aromatic rings. The van der Waals surface area contributed by atoms with E-state index in [0.717, 1.165) is 44.9 Å². The Morgan fingerprint density at radius 2 is 1.74 bits per heavy atom. The molecule has 0 bridgehead atoms. The lowest BCUT2D eigenvalue weighted by Gasteiger charge is -2.23. The van der Waals surface area contributed by atoms with Crippen molar-refractivity contribution in [1.29, 1.82) is 0 Å². The average molecular weight is 271 g/mol. The standard InChI is InChI=1S/C16H32O3/c1-5-11-16(4,19)12-7-9-13(2)8-6-10-14(3)15(17)18/h13-14,19H,5-12H2,1-4H3,(H,17,18)/p-1. The Bertz CT molecular complexity index is 248. The Morgan fingerprint density at radius 3 is 2.26 bits per heavy atom. The Labute approximate surface area is 118 Å². The molecule has 3 heteroatoms. The summed E-state index contributed by atoms with van der Waals surface area (Å²) in [6, 6.07) is 0. The fourth-order valence-corrected chi connectivity index (χ4v) is 2.53. The number of carboxylic acid groups (broad SMARTS) is 1. The summed E-state index contributed by atoms with van der Waals surface area (Å²) in [7, 11) is 0. The summed E-state index contributed by atoms with van der Waals surface area (Å²) in [6.45, 7) is 7.93. The highest BCUT2D eigenvalue weighted by Crippen LogP contribution is 2.23. The molecule has 114 valence electrons. The minimum atomic E-state index is -0.941. The van der Waals surface area contributed by atoms with E-state index in [1.165, 1.54) is 0 Å². The molecule has 0 aromatic heterocycles. The highest BCUT2D eigenvalue weighted by Gasteiger charge is 2.18. The van der Waals surface area contributed by atoms with Crippen molar-refractivity contribution < 1.29 is 15.0 Å². The first kappa shape index (κ1) is 18.4. The molecular weight excluding hydrogens is 240 g/mol. The van der Waals surface area contributed by atoms with E-state index in [2.05, 4.69) is 13.8 Å². The molecule has 0 saturated carbocycles. The number of carbonyl (C=O) groups excluding carboxylic acids is 1. The Hall–Kier alpha value is -0.570. The third-order valence-corrected chi connectivity index (χ3v) is 3.94. The summed E-state index contributed by atoms with van der Waals surface area (Å²) >= 11 is 0. The van der Waals surface area contributed by atoms with Crippen molar-refractivity contribution in [1.82, 2.24) is 0 Å². The number of rotatable bonds is 11. The van der Waals surface area contributed by atoms with E-state index in [0.29, 0.717) is 12.3 Å². The molecule has 0 heterocycles. The number of hydrogen-bond donors (Lipinski definition) is 1. The Morgan fingerprint density at radius 1 is 1.16 bits per heavy atom. The first-order valence-corrected chi connectivity index (χ1v) is 7.71. The maximum atomic E-state index is 10.6. The fraction of sp³-hybridized carbons (Fsp3) is 0.938. The summed E-state index contributed by atoms with van der Waals surface area (Å²) < 4.78 is 0. The lowest BCUT2D eigenvalue weighted by Crippen LogP contribution is -2.29. The quantitative estimate of drug-likeness (QED) is 0.628. The smallest absolute Gasteiger partial charge is 0.0619 e. The molecule has 19 heavy (non-hydrogen) atoms. The maximum absolute atomic E-state index is 10.6. The predicted molar refractivity (Wildman–Crippen MR) is 76.6 cm³/mol. The van der Waals surface area contributed by atoms with Crippen LogP contribution in [-0.2, 0) is 4.79 Å². The number of aliphatic hydroxyl groups is 1. The third-order valence-electron chi connectivity index (χ3n) is 3.94. The zero-order valence-corrected chi connectivity index (χ0v) is 13.1. The van der Waals surface area contributed by atoms with Crippen molar-refractivity contribution in [3.8, 4) is 0 Å². The van der Waals surface area contributed by atoms with Crippen LogP contribution in [0.25, 0.3) is 0 Å². The molecule has 0 saturated heterocycles. The van der Waals surface area contributed by atoms with Crippen LogP contribution in [0.3, 0.4) is 0 Å². The minimum Gasteiger partial charge on any atom is -0.550 e. The lowest BCUT2D eigenvalue weighted by atomic mass is 9.90. The van der Waals surface area contributed by atoms with Gasteiger partial charge in [-0.2, -0.15) is 0 Å². The van der Waals surface area contributed by atoms with E-state index in [9.17, 15) is 15.0 Å². The zero-order valence-electron chi connectivity index (χ0n) is 13.1. The molecule has 0 aliphatic rings. The highest BCUT2D eigenvalue weighted by atomic mass is 16.4. The van der Waals surface area contributed by atoms with Gasteiger partial charge < -0.3 is 15.0 Å². The van der Waals surface area contributed by atoms with Crippen LogP contribution in [0.1, 0.15) is 79.1 Å². The number of hydrogen-bond acceptors (Lipinski definition) is 3. The zero-order chi connectivity index (χ0) is 14.9. The van der Waals surface area contributed by atoms with Gasteiger partial charge >= 0.3 is 0 Å². The van der Waals surface area contributed by atoms with E-state index in [1.807, 2.05) is 6.92 Å². The lowest BCUT2D eigenvalue weighted by molar-refractivity contribution is -0.311. The Balaban J connectivity index is 3.65. The van der Waals surface area contributed by atoms with Crippen LogP contribution < -0.4 is 5.11 Å². The monoisotopic (exact) mass is 271 g/mol. The van der Waals surface area contributed by atoms with E-state index in [4.69, 9.17) is 0 Å². The molecule has 3 nitrogen and oxygen atoms in total. The van der Waals surface area contributed by atoms with Gasteiger partial charge in [0.1, 0.15) is 0 Å². The highest BCUT2D eigenvalue weighted by molar-refractivity contribution is 5.66. The molecule has 0 spiro atoms. The van der Waals surface area contributed by atoms with Crippen LogP contribution in [0.4, 0.5) is 0 Å². The van der Waals surface area contributed by atoms with Crippen LogP contribution in [0.15, 0.2) is 0 Å². The number of carboxylic acids is 1. The summed E-state index contributed by atoms with van der Waals surface area (Å²) in [5.41, 5.74) is -0.516. The molecule has 0 fully saturated rings. The van der Waals surface area contributed by atoms with Gasteiger partial charge in [0.2, 0.25) is 0 Å². The van der Waals surface area contributed by atoms with Gasteiger partial charge in [0, 0.05) is 5.97 Å². The average Bonchev–Trinajstić information content (AvgIpc) is 2.28. The van der Waals surface area contributed by atoms with Gasteiger partial charge in [-0.1, -0.05) is 52.9 Å². The van der Waals surface area contributed by atoms with Crippen LogP contribution in [0.2, 0.25) is 0 Å². The van der Waals surface area contributed by atoms with Gasteiger partial charge in [-0.15, -0.1) is 0 Å². The van der Waals surface area contributed by atoms with Crippen LogP contribution in [0.5, 0.6) is 0 Å². The first-order valence-electron chi connectivity index (χ1n) is 7.71. The van der Waals surface area contributed by atoms with Gasteiger partial charge in [-0.25, -0.2) is 0 Å². The largest absolute Gasteiger partial charge is 0.550 e. The van der Waals surface area contributed by atoms with E-state index in [-0.39, 0.29) is 5.92 Å². The van der Waals surface area contributed by atoms with Crippen LogP contribution in [-0.4, -0.2) is 16.7 Å². The molecule has 3 unspecified atom stereocenters. The normalized spacial score (nSPS) is 17.7. The maximum Gasteiger partial charge on any atom is 0.0619 e. The van der Waals surface area contributed by atoms with Crippen molar-refractivity contribution in [2.45, 2.75) is 84.7 Å². The first-order chi connectivity index (χ1) is 8.78. The molecule has 0 aromatic carbocycles. The third kappa shape index (κ3) is 9.94. The van der Waals surface area contributed by atoms with Crippen LogP contribution in [0, 0.1) is 11.8 Å². The Kier molecular flexibility index (Phi) is 9.07. The van der Waals surface area contributed by atoms with Crippen LogP contribution >= 0.6 is 0 Å². The van der Waals surface area contributed by atoms with E-state index >= 15 is 0 Å². The molecule has 0 aliphatic carbocycles. The topological polar surface area (TPSA) is 60.4 Å². The second-order valence-corrected chi connectivity index (χ2v) is 6.40. The molecule has 0 rings (SSSR count). The van der Waals surface area contributed by atoms with Gasteiger partial charge in [0.05, 0.1) is 5.60 Å². The predicted octanol–water partition coefficient (Wildman–Crippen LogP) is 2.90. The summed E-state index contributed by atoms with van der Waals surface area (Å²) in [4.78, 5) is 10.6. The molecule has 3 atom stereocenters. The number of carbonyl (C=O) groups is 1.